The Bertz CT molecular complexity index is 1120. The van der Waals surface area contributed by atoms with E-state index in [0.717, 1.165) is 16.8 Å². The lowest BCUT2D eigenvalue weighted by molar-refractivity contribution is 0.324. The third-order valence-electron chi connectivity index (χ3n) is 4.13. The van der Waals surface area contributed by atoms with Crippen molar-refractivity contribution < 1.29 is 14.2 Å². The van der Waals surface area contributed by atoms with Gasteiger partial charge < -0.3 is 14.2 Å². The molecule has 9 heteroatoms. The lowest BCUT2D eigenvalue weighted by Gasteiger charge is -2.13. The van der Waals surface area contributed by atoms with Gasteiger partial charge in [-0.1, -0.05) is 23.2 Å². The van der Waals surface area contributed by atoms with Gasteiger partial charge in [0.05, 0.1) is 38.3 Å². The van der Waals surface area contributed by atoms with Gasteiger partial charge in [0.15, 0.2) is 11.5 Å². The van der Waals surface area contributed by atoms with Crippen molar-refractivity contribution in [2.75, 3.05) is 28.4 Å². The molecule has 0 aliphatic heterocycles. The molecule has 0 saturated carbocycles. The Morgan fingerprint density at radius 3 is 2.38 bits per heavy atom. The monoisotopic (exact) mass is 451 g/mol. The van der Waals surface area contributed by atoms with Crippen molar-refractivity contribution in [3.63, 3.8) is 0 Å². The van der Waals surface area contributed by atoms with Gasteiger partial charge in [-0.05, 0) is 30.3 Å². The van der Waals surface area contributed by atoms with Gasteiger partial charge in [0, 0.05) is 28.6 Å². The molecule has 0 fully saturated rings. The van der Waals surface area contributed by atoms with Crippen LogP contribution in [0.4, 0.5) is 0 Å². The van der Waals surface area contributed by atoms with Crippen LogP contribution in [0.1, 0.15) is 5.56 Å². The number of rotatable bonds is 6. The zero-order valence-corrected chi connectivity index (χ0v) is 18.6. The lowest BCUT2D eigenvalue weighted by Crippen LogP contribution is -2.11. The van der Waals surface area contributed by atoms with Crippen LogP contribution in [0.3, 0.4) is 0 Å². The second-order valence-corrected chi connectivity index (χ2v) is 7.41. The molecule has 0 radical (unpaired) electrons. The van der Waals surface area contributed by atoms with E-state index in [0.29, 0.717) is 32.1 Å². The van der Waals surface area contributed by atoms with Crippen LogP contribution in [0.2, 0.25) is 10.0 Å². The van der Waals surface area contributed by atoms with E-state index in [1.807, 2.05) is 17.5 Å². The molecular weight excluding hydrogens is 433 g/mol. The number of hydrogen-bond donors (Lipinski definition) is 0. The van der Waals surface area contributed by atoms with Crippen molar-refractivity contribution >= 4 is 40.8 Å². The predicted molar refractivity (Wildman–Crippen MR) is 118 cm³/mol. The Hall–Kier alpha value is -2.48. The van der Waals surface area contributed by atoms with Gasteiger partial charge in [0.1, 0.15) is 0 Å². The Balaban J connectivity index is 2.12. The third kappa shape index (κ3) is 4.27. The highest BCUT2D eigenvalue weighted by molar-refractivity contribution is 7.07. The van der Waals surface area contributed by atoms with Crippen LogP contribution < -0.4 is 19.0 Å². The standard InChI is InChI=1S/C20H19Cl2N3O3S/c1-23-20-25(16(11-29-20)14-7-6-13(21)9-15(14)22)24-10-12-5-8-17(26-2)19(28-4)18(12)27-3/h5-11H,1-4H3. The summed E-state index contributed by atoms with van der Waals surface area (Å²) in [6, 6.07) is 8.98. The Morgan fingerprint density at radius 1 is 1.00 bits per heavy atom. The summed E-state index contributed by atoms with van der Waals surface area (Å²) in [5.41, 5.74) is 2.32. The topological polar surface area (TPSA) is 57.3 Å². The van der Waals surface area contributed by atoms with Crippen molar-refractivity contribution in [1.82, 2.24) is 4.68 Å². The number of nitrogens with zero attached hydrogens (tertiary/aromatic N) is 3. The largest absolute Gasteiger partial charge is 0.493 e. The Kier molecular flexibility index (Phi) is 6.84. The number of halogens is 2. The number of methoxy groups -OCH3 is 3. The highest BCUT2D eigenvalue weighted by Crippen LogP contribution is 2.39. The second kappa shape index (κ2) is 9.35. The maximum atomic E-state index is 6.40. The van der Waals surface area contributed by atoms with Gasteiger partial charge in [-0.2, -0.15) is 5.10 Å². The fourth-order valence-corrected chi connectivity index (χ4v) is 4.09. The Labute approximate surface area is 182 Å². The molecule has 6 nitrogen and oxygen atoms in total. The van der Waals surface area contributed by atoms with E-state index in [4.69, 9.17) is 37.4 Å². The minimum atomic E-state index is 0.496. The predicted octanol–water partition coefficient (Wildman–Crippen LogP) is 4.96. The molecular formula is C20H19Cl2N3O3S. The minimum Gasteiger partial charge on any atom is -0.493 e. The van der Waals surface area contributed by atoms with E-state index in [1.54, 1.807) is 57.5 Å². The van der Waals surface area contributed by atoms with Crippen molar-refractivity contribution in [3.8, 4) is 28.5 Å². The van der Waals surface area contributed by atoms with E-state index >= 15 is 0 Å². The highest BCUT2D eigenvalue weighted by Gasteiger charge is 2.15. The molecule has 0 N–H and O–H groups in total. The number of ether oxygens (including phenoxy) is 3. The molecule has 0 aliphatic carbocycles. The van der Waals surface area contributed by atoms with Gasteiger partial charge in [0.2, 0.25) is 10.6 Å². The fraction of sp³-hybridized carbons (Fsp3) is 0.200. The molecule has 0 spiro atoms. The van der Waals surface area contributed by atoms with E-state index in [2.05, 4.69) is 10.1 Å². The first-order valence-corrected chi connectivity index (χ1v) is 10.1. The normalized spacial score (nSPS) is 11.9. The average molecular weight is 452 g/mol. The number of aromatic nitrogens is 1. The molecule has 0 aliphatic rings. The fourth-order valence-electron chi connectivity index (χ4n) is 2.79. The maximum Gasteiger partial charge on any atom is 0.205 e. The summed E-state index contributed by atoms with van der Waals surface area (Å²) in [6.07, 6.45) is 1.68. The molecule has 1 aromatic heterocycles. The van der Waals surface area contributed by atoms with Gasteiger partial charge in [0.25, 0.3) is 0 Å². The minimum absolute atomic E-state index is 0.496. The van der Waals surface area contributed by atoms with Crippen LogP contribution in [0.15, 0.2) is 45.8 Å². The summed E-state index contributed by atoms with van der Waals surface area (Å²) in [4.78, 5) is 5.01. The smallest absolute Gasteiger partial charge is 0.205 e. The summed E-state index contributed by atoms with van der Waals surface area (Å²) >= 11 is 13.9. The molecule has 2 aromatic carbocycles. The van der Waals surface area contributed by atoms with Crippen molar-refractivity contribution in [2.45, 2.75) is 0 Å². The molecule has 3 aromatic rings. The van der Waals surface area contributed by atoms with Gasteiger partial charge in [-0.3, -0.25) is 4.99 Å². The van der Waals surface area contributed by atoms with Gasteiger partial charge in [-0.15, -0.1) is 11.3 Å². The maximum absolute atomic E-state index is 6.40. The highest BCUT2D eigenvalue weighted by atomic mass is 35.5. The molecule has 0 amide bonds. The van der Waals surface area contributed by atoms with Gasteiger partial charge in [-0.25, -0.2) is 4.68 Å². The molecule has 0 atom stereocenters. The Morgan fingerprint density at radius 2 is 1.76 bits per heavy atom. The lowest BCUT2D eigenvalue weighted by atomic mass is 10.2. The van der Waals surface area contributed by atoms with Crippen LogP contribution in [-0.2, 0) is 0 Å². The first-order chi connectivity index (χ1) is 14.0. The molecule has 29 heavy (non-hydrogen) atoms. The number of benzene rings is 2. The summed E-state index contributed by atoms with van der Waals surface area (Å²) < 4.78 is 18.0. The van der Waals surface area contributed by atoms with E-state index in [-0.39, 0.29) is 0 Å². The van der Waals surface area contributed by atoms with Crippen LogP contribution in [0.5, 0.6) is 17.2 Å². The third-order valence-corrected chi connectivity index (χ3v) is 5.59. The van der Waals surface area contributed by atoms with Crippen LogP contribution >= 0.6 is 34.5 Å². The van der Waals surface area contributed by atoms with Crippen molar-refractivity contribution in [3.05, 3.63) is 56.1 Å². The van der Waals surface area contributed by atoms with Crippen LogP contribution in [0.25, 0.3) is 11.3 Å². The first-order valence-electron chi connectivity index (χ1n) is 8.46. The zero-order valence-electron chi connectivity index (χ0n) is 16.3. The zero-order chi connectivity index (χ0) is 21.0. The summed E-state index contributed by atoms with van der Waals surface area (Å²) in [5, 5.41) is 7.67. The van der Waals surface area contributed by atoms with Crippen molar-refractivity contribution in [2.24, 2.45) is 10.1 Å². The molecule has 0 unspecified atom stereocenters. The van der Waals surface area contributed by atoms with Crippen LogP contribution in [0, 0.1) is 0 Å². The van der Waals surface area contributed by atoms with Crippen molar-refractivity contribution in [1.29, 1.82) is 0 Å². The second-order valence-electron chi connectivity index (χ2n) is 5.73. The summed E-state index contributed by atoms with van der Waals surface area (Å²) in [7, 11) is 6.41. The molecule has 152 valence electrons. The quantitative estimate of drug-likeness (QED) is 0.497. The van der Waals surface area contributed by atoms with E-state index in [9.17, 15) is 0 Å². The SMILES string of the molecule is CN=c1scc(-c2ccc(Cl)cc2Cl)n1N=Cc1ccc(OC)c(OC)c1OC. The number of hydrogen-bond acceptors (Lipinski definition) is 6. The van der Waals surface area contributed by atoms with Gasteiger partial charge >= 0.3 is 0 Å². The number of thiazole rings is 1. The van der Waals surface area contributed by atoms with E-state index < -0.39 is 0 Å². The summed E-state index contributed by atoms with van der Waals surface area (Å²) in [6.45, 7) is 0. The molecule has 3 rings (SSSR count). The van der Waals surface area contributed by atoms with Crippen LogP contribution in [-0.4, -0.2) is 39.3 Å². The van der Waals surface area contributed by atoms with E-state index in [1.165, 1.54) is 11.3 Å². The first kappa shape index (κ1) is 21.2. The summed E-state index contributed by atoms with van der Waals surface area (Å²) in [5.74, 6) is 1.59. The molecule has 1 heterocycles. The molecule has 0 saturated heterocycles. The molecule has 0 bridgehead atoms. The average Bonchev–Trinajstić information content (AvgIpc) is 3.13.